The molecule has 0 radical (unpaired) electrons. The van der Waals surface area contributed by atoms with Gasteiger partial charge in [-0.1, -0.05) is 23.4 Å². The Morgan fingerprint density at radius 3 is 2.68 bits per heavy atom. The zero-order chi connectivity index (χ0) is 21.8. The van der Waals surface area contributed by atoms with E-state index in [1.54, 1.807) is 29.2 Å². The SMILES string of the molecule is Cc1noc(C)c1COc1cccc(C(=O)N[C@@H](C)c2ccc(-n3cncn3)cc2)c1. The Balaban J connectivity index is 1.39. The Kier molecular flexibility index (Phi) is 5.79. The van der Waals surface area contributed by atoms with Gasteiger partial charge in [-0.2, -0.15) is 5.10 Å². The Labute approximate surface area is 179 Å². The van der Waals surface area contributed by atoms with E-state index in [4.69, 9.17) is 9.26 Å². The lowest BCUT2D eigenvalue weighted by atomic mass is 10.1. The van der Waals surface area contributed by atoms with E-state index in [0.717, 1.165) is 28.3 Å². The molecule has 2 aromatic heterocycles. The third-order valence-corrected chi connectivity index (χ3v) is 5.08. The van der Waals surface area contributed by atoms with Crippen molar-refractivity contribution in [2.24, 2.45) is 0 Å². The van der Waals surface area contributed by atoms with Gasteiger partial charge in [-0.25, -0.2) is 9.67 Å². The fraction of sp³-hybridized carbons (Fsp3) is 0.217. The van der Waals surface area contributed by atoms with Crippen LogP contribution in [0.2, 0.25) is 0 Å². The van der Waals surface area contributed by atoms with E-state index in [-0.39, 0.29) is 11.9 Å². The van der Waals surface area contributed by atoms with Gasteiger partial charge in [0.2, 0.25) is 0 Å². The lowest BCUT2D eigenvalue weighted by Crippen LogP contribution is -2.26. The summed E-state index contributed by atoms with van der Waals surface area (Å²) in [5, 5.41) is 11.1. The van der Waals surface area contributed by atoms with E-state index >= 15 is 0 Å². The van der Waals surface area contributed by atoms with Gasteiger partial charge in [0.1, 0.15) is 30.8 Å². The molecule has 0 aliphatic heterocycles. The van der Waals surface area contributed by atoms with E-state index in [2.05, 4.69) is 20.6 Å². The van der Waals surface area contributed by atoms with Crippen molar-refractivity contribution in [2.75, 3.05) is 0 Å². The number of hydrogen-bond acceptors (Lipinski definition) is 6. The van der Waals surface area contributed by atoms with Crippen LogP contribution in [0, 0.1) is 13.8 Å². The minimum Gasteiger partial charge on any atom is -0.489 e. The number of hydrogen-bond donors (Lipinski definition) is 1. The normalized spacial score (nSPS) is 11.8. The van der Waals surface area contributed by atoms with Crippen LogP contribution in [0.15, 0.2) is 65.7 Å². The maximum absolute atomic E-state index is 12.8. The van der Waals surface area contributed by atoms with Crippen molar-refractivity contribution in [3.05, 3.63) is 89.3 Å². The van der Waals surface area contributed by atoms with E-state index in [1.807, 2.05) is 51.1 Å². The molecule has 0 spiro atoms. The molecule has 158 valence electrons. The van der Waals surface area contributed by atoms with Gasteiger partial charge in [-0.05, 0) is 56.7 Å². The van der Waals surface area contributed by atoms with Crippen LogP contribution in [-0.2, 0) is 6.61 Å². The average Bonchev–Trinajstić information content (AvgIpc) is 3.43. The first-order valence-corrected chi connectivity index (χ1v) is 9.91. The van der Waals surface area contributed by atoms with Crippen molar-refractivity contribution >= 4 is 5.91 Å². The van der Waals surface area contributed by atoms with Crippen molar-refractivity contribution in [2.45, 2.75) is 33.4 Å². The second-order valence-electron chi connectivity index (χ2n) is 7.25. The number of rotatable bonds is 7. The maximum Gasteiger partial charge on any atom is 0.251 e. The highest BCUT2D eigenvalue weighted by atomic mass is 16.5. The number of carbonyl (C=O) groups excluding carboxylic acids is 1. The van der Waals surface area contributed by atoms with E-state index in [9.17, 15) is 4.79 Å². The fourth-order valence-corrected chi connectivity index (χ4v) is 3.21. The predicted octanol–water partition coefficient (Wildman–Crippen LogP) is 3.94. The van der Waals surface area contributed by atoms with Gasteiger partial charge < -0.3 is 14.6 Å². The Bertz CT molecular complexity index is 1150. The minimum absolute atomic E-state index is 0.163. The number of nitrogens with one attached hydrogen (secondary N) is 1. The quantitative estimate of drug-likeness (QED) is 0.489. The van der Waals surface area contributed by atoms with Crippen LogP contribution in [0.1, 0.15) is 45.9 Å². The Hall–Kier alpha value is -3.94. The van der Waals surface area contributed by atoms with Gasteiger partial charge in [0.25, 0.3) is 5.91 Å². The molecule has 1 amide bonds. The lowest BCUT2D eigenvalue weighted by Gasteiger charge is -2.15. The summed E-state index contributed by atoms with van der Waals surface area (Å²) in [5.41, 5.74) is 4.14. The number of carbonyl (C=O) groups is 1. The summed E-state index contributed by atoms with van der Waals surface area (Å²) in [4.78, 5) is 16.7. The molecule has 0 unspecified atom stereocenters. The van der Waals surface area contributed by atoms with Crippen molar-refractivity contribution in [1.82, 2.24) is 25.2 Å². The van der Waals surface area contributed by atoms with Crippen molar-refractivity contribution in [1.29, 1.82) is 0 Å². The van der Waals surface area contributed by atoms with Gasteiger partial charge >= 0.3 is 0 Å². The lowest BCUT2D eigenvalue weighted by molar-refractivity contribution is 0.0939. The molecule has 31 heavy (non-hydrogen) atoms. The number of aromatic nitrogens is 4. The van der Waals surface area contributed by atoms with Gasteiger partial charge in [0, 0.05) is 5.56 Å². The molecular formula is C23H23N5O3. The number of ether oxygens (including phenoxy) is 1. The molecule has 0 saturated carbocycles. The van der Waals surface area contributed by atoms with E-state index in [0.29, 0.717) is 17.9 Å². The molecule has 8 heteroatoms. The van der Waals surface area contributed by atoms with Crippen LogP contribution in [0.5, 0.6) is 5.75 Å². The molecular weight excluding hydrogens is 394 g/mol. The first-order valence-electron chi connectivity index (χ1n) is 9.91. The molecule has 0 bridgehead atoms. The highest BCUT2D eigenvalue weighted by molar-refractivity contribution is 5.94. The summed E-state index contributed by atoms with van der Waals surface area (Å²) in [5.74, 6) is 1.17. The summed E-state index contributed by atoms with van der Waals surface area (Å²) in [6, 6.07) is 14.8. The molecule has 1 N–H and O–H groups in total. The Morgan fingerprint density at radius 1 is 1.19 bits per heavy atom. The first-order chi connectivity index (χ1) is 15.0. The van der Waals surface area contributed by atoms with E-state index < -0.39 is 0 Å². The van der Waals surface area contributed by atoms with Crippen LogP contribution in [0.25, 0.3) is 5.69 Å². The van der Waals surface area contributed by atoms with Crippen molar-refractivity contribution < 1.29 is 14.1 Å². The molecule has 2 heterocycles. The molecule has 4 aromatic rings. The Morgan fingerprint density at radius 2 is 2.00 bits per heavy atom. The highest BCUT2D eigenvalue weighted by Crippen LogP contribution is 2.20. The average molecular weight is 417 g/mol. The highest BCUT2D eigenvalue weighted by Gasteiger charge is 2.14. The minimum atomic E-state index is -0.171. The van der Waals surface area contributed by atoms with Gasteiger partial charge in [0.15, 0.2) is 0 Å². The zero-order valence-corrected chi connectivity index (χ0v) is 17.6. The van der Waals surface area contributed by atoms with Crippen LogP contribution in [-0.4, -0.2) is 25.8 Å². The molecule has 0 aliphatic carbocycles. The summed E-state index contributed by atoms with van der Waals surface area (Å²) in [6.45, 7) is 6.00. The molecule has 0 saturated heterocycles. The summed E-state index contributed by atoms with van der Waals surface area (Å²) >= 11 is 0. The first kappa shape index (κ1) is 20.3. The summed E-state index contributed by atoms with van der Waals surface area (Å²) in [6.07, 6.45) is 3.13. The standard InChI is InChI=1S/C23H23N5O3/c1-15(18-7-9-20(10-8-18)28-14-24-13-25-28)26-23(29)19-5-4-6-21(11-19)30-12-22-16(2)27-31-17(22)3/h4-11,13-15H,12H2,1-3H3,(H,26,29)/t15-/m0/s1. The largest absolute Gasteiger partial charge is 0.489 e. The topological polar surface area (TPSA) is 95.1 Å². The predicted molar refractivity (Wildman–Crippen MR) is 114 cm³/mol. The fourth-order valence-electron chi connectivity index (χ4n) is 3.21. The molecule has 0 aliphatic rings. The number of aryl methyl sites for hydroxylation is 2. The maximum atomic E-state index is 12.8. The zero-order valence-electron chi connectivity index (χ0n) is 17.6. The van der Waals surface area contributed by atoms with Crippen LogP contribution in [0.3, 0.4) is 0 Å². The molecule has 8 nitrogen and oxygen atoms in total. The molecule has 1 atom stereocenters. The van der Waals surface area contributed by atoms with Gasteiger partial charge in [-0.15, -0.1) is 0 Å². The van der Waals surface area contributed by atoms with E-state index in [1.165, 1.54) is 6.33 Å². The van der Waals surface area contributed by atoms with Gasteiger partial charge in [-0.3, -0.25) is 4.79 Å². The summed E-state index contributed by atoms with van der Waals surface area (Å²) < 4.78 is 12.7. The summed E-state index contributed by atoms with van der Waals surface area (Å²) in [7, 11) is 0. The third-order valence-electron chi connectivity index (χ3n) is 5.08. The number of benzene rings is 2. The molecule has 0 fully saturated rings. The van der Waals surface area contributed by atoms with Crippen LogP contribution < -0.4 is 10.1 Å². The molecule has 2 aromatic carbocycles. The van der Waals surface area contributed by atoms with Crippen LogP contribution in [0.4, 0.5) is 0 Å². The molecule has 4 rings (SSSR count). The smallest absolute Gasteiger partial charge is 0.251 e. The van der Waals surface area contributed by atoms with Crippen molar-refractivity contribution in [3.63, 3.8) is 0 Å². The van der Waals surface area contributed by atoms with Crippen molar-refractivity contribution in [3.8, 4) is 11.4 Å². The second-order valence-corrected chi connectivity index (χ2v) is 7.25. The third kappa shape index (κ3) is 4.63. The second kappa shape index (κ2) is 8.83. The number of amides is 1. The monoisotopic (exact) mass is 417 g/mol. The number of nitrogens with zero attached hydrogens (tertiary/aromatic N) is 4. The van der Waals surface area contributed by atoms with Gasteiger partial charge in [0.05, 0.1) is 23.0 Å². The van der Waals surface area contributed by atoms with Crippen LogP contribution >= 0.6 is 0 Å².